The Morgan fingerprint density at radius 2 is 1.45 bits per heavy atom. The van der Waals surface area contributed by atoms with E-state index in [-0.39, 0.29) is 1.43 Å². The summed E-state index contributed by atoms with van der Waals surface area (Å²) < 4.78 is 19.8. The summed E-state index contributed by atoms with van der Waals surface area (Å²) in [5, 5.41) is 0. The molecule has 1 radical (unpaired) electrons. The first-order chi connectivity index (χ1) is 5.41. The van der Waals surface area contributed by atoms with E-state index in [9.17, 15) is 0 Å². The Morgan fingerprint density at radius 3 is 1.82 bits per heavy atom. The predicted octanol–water partition coefficient (Wildman–Crippen LogP) is 0.788. The highest BCUT2D eigenvalue weighted by molar-refractivity contribution is 6.17. The van der Waals surface area contributed by atoms with Crippen LogP contribution in [0.25, 0.3) is 0 Å². The molecule has 0 heterocycles. The van der Waals surface area contributed by atoms with Crippen LogP contribution in [0.15, 0.2) is 0 Å². The fourth-order valence-corrected chi connectivity index (χ4v) is 0.766. The molecule has 0 saturated heterocycles. The first-order valence-corrected chi connectivity index (χ1v) is 4.56. The zero-order chi connectivity index (χ0) is 8.36. The third-order valence-corrected chi connectivity index (χ3v) is 1.39. The second kappa shape index (κ2) is 10.4. The van der Waals surface area contributed by atoms with Gasteiger partial charge in [-0.1, -0.05) is 0 Å². The van der Waals surface area contributed by atoms with Crippen molar-refractivity contribution in [1.29, 1.82) is 0 Å². The van der Waals surface area contributed by atoms with Gasteiger partial charge >= 0.3 is 15.9 Å². The summed E-state index contributed by atoms with van der Waals surface area (Å²) in [6.07, 6.45) is 0. The van der Waals surface area contributed by atoms with Gasteiger partial charge in [-0.2, -0.15) is 0 Å². The van der Waals surface area contributed by atoms with Crippen molar-refractivity contribution >= 4 is 15.9 Å². The molecule has 0 bridgehead atoms. The molecule has 0 atom stereocenters. The van der Waals surface area contributed by atoms with Crippen LogP contribution in [-0.4, -0.2) is 42.7 Å². The van der Waals surface area contributed by atoms with Crippen molar-refractivity contribution in [2.24, 2.45) is 0 Å². The van der Waals surface area contributed by atoms with Gasteiger partial charge in [0, 0.05) is 14.6 Å². The fraction of sp³-hybridized carbons (Fsp3) is 1.00. The number of hydrogen-bond acceptors (Lipinski definition) is 4. The van der Waals surface area contributed by atoms with Crippen molar-refractivity contribution in [3.05, 3.63) is 0 Å². The van der Waals surface area contributed by atoms with E-state index < -0.39 is 15.9 Å². The summed E-state index contributed by atoms with van der Waals surface area (Å²) in [6.45, 7) is 5.81. The quantitative estimate of drug-likeness (QED) is 0.313. The summed E-state index contributed by atoms with van der Waals surface area (Å²) in [5.41, 5.74) is 0. The number of ether oxygens (including phenoxy) is 2. The molecule has 0 aliphatic rings. The Bertz CT molecular complexity index is 68.6. The van der Waals surface area contributed by atoms with Crippen molar-refractivity contribution in [2.45, 2.75) is 13.8 Å². The van der Waals surface area contributed by atoms with Crippen LogP contribution in [0.1, 0.15) is 15.3 Å². The first kappa shape index (κ1) is 11.4. The Kier molecular flexibility index (Phi) is 10.7. The maximum atomic E-state index is 4.98. The third kappa shape index (κ3) is 10.4. The van der Waals surface area contributed by atoms with Crippen molar-refractivity contribution in [3.63, 3.8) is 0 Å². The Balaban J connectivity index is 0. The molecule has 4 nitrogen and oxygen atoms in total. The molecule has 0 unspecified atom stereocenters. The van der Waals surface area contributed by atoms with Crippen LogP contribution in [0.5, 0.6) is 0 Å². The van der Waals surface area contributed by atoms with E-state index in [1.165, 1.54) is 0 Å². The topological polar surface area (TPSA) is 36.9 Å². The maximum absolute atomic E-state index is 4.98. The second-order valence-electron chi connectivity index (χ2n) is 1.65. The summed E-state index contributed by atoms with van der Waals surface area (Å²) in [6, 6.07) is 0. The fourth-order valence-electron chi connectivity index (χ4n) is 0.367. The molecule has 0 spiro atoms. The lowest BCUT2D eigenvalue weighted by Crippen LogP contribution is -2.10. The molecule has 11 heavy (non-hydrogen) atoms. The van der Waals surface area contributed by atoms with Crippen LogP contribution >= 0.6 is 0 Å². The van der Waals surface area contributed by atoms with Gasteiger partial charge in [0.1, 0.15) is 13.6 Å². The van der Waals surface area contributed by atoms with Crippen molar-refractivity contribution in [2.75, 3.05) is 26.8 Å². The molecule has 0 N–H and O–H groups in total. The zero-order valence-corrected chi connectivity index (χ0v) is 8.19. The molecule has 0 rings (SSSR count). The largest absolute Gasteiger partial charge is 0.671 e. The molecule has 0 aromatic heterocycles. The minimum Gasteiger partial charge on any atom is -0.463 e. The molecule has 5 heteroatoms. The molecule has 0 aromatic rings. The van der Waals surface area contributed by atoms with Gasteiger partial charge in [0.05, 0.1) is 0 Å². The van der Waals surface area contributed by atoms with Crippen molar-refractivity contribution in [1.82, 2.24) is 0 Å². The van der Waals surface area contributed by atoms with Gasteiger partial charge in [-0.25, -0.2) is 0 Å². The zero-order valence-electron chi connectivity index (χ0n) is 7.04. The molecule has 0 saturated carbocycles. The first-order valence-electron chi connectivity index (χ1n) is 3.62. The van der Waals surface area contributed by atoms with Crippen LogP contribution < -0.4 is 0 Å². The van der Waals surface area contributed by atoms with Gasteiger partial charge in [0.2, 0.25) is 0 Å². The highest BCUT2D eigenvalue weighted by Gasteiger charge is 1.95. The molecular formula is C6H16AlO4. The van der Waals surface area contributed by atoms with Crippen LogP contribution in [-0.2, 0) is 17.1 Å². The number of hydrogen-bond donors (Lipinski definition) is 0. The van der Waals surface area contributed by atoms with Gasteiger partial charge in [0.25, 0.3) is 0 Å². The summed E-state index contributed by atoms with van der Waals surface area (Å²) in [7, 11) is 0. The summed E-state index contributed by atoms with van der Waals surface area (Å²) >= 11 is -0.439. The van der Waals surface area contributed by atoms with Crippen LogP contribution in [0.2, 0.25) is 0 Å². The van der Waals surface area contributed by atoms with E-state index in [1.807, 2.05) is 13.8 Å². The van der Waals surface area contributed by atoms with Crippen LogP contribution in [0.4, 0.5) is 0 Å². The Hall–Kier alpha value is 0.372. The average molecular weight is 179 g/mol. The minimum atomic E-state index is -0.439. The van der Waals surface area contributed by atoms with Gasteiger partial charge in [-0.15, -0.1) is 0 Å². The third-order valence-electron chi connectivity index (χ3n) is 0.847. The number of rotatable bonds is 8. The minimum absolute atomic E-state index is 0. The smallest absolute Gasteiger partial charge is 0.463 e. The van der Waals surface area contributed by atoms with E-state index >= 15 is 0 Å². The molecule has 0 fully saturated rings. The monoisotopic (exact) mass is 179 g/mol. The van der Waals surface area contributed by atoms with E-state index in [4.69, 9.17) is 17.1 Å². The average Bonchev–Trinajstić information content (AvgIpc) is 2.03. The SMILES string of the molecule is CCOC[O][Al][O]COCC.[HH]. The van der Waals surface area contributed by atoms with Gasteiger partial charge in [0.15, 0.2) is 0 Å². The van der Waals surface area contributed by atoms with E-state index in [1.54, 1.807) is 0 Å². The molecule has 0 aliphatic carbocycles. The molecular weight excluding hydrogens is 163 g/mol. The van der Waals surface area contributed by atoms with E-state index in [0.717, 1.165) is 0 Å². The summed E-state index contributed by atoms with van der Waals surface area (Å²) in [4.78, 5) is 0. The van der Waals surface area contributed by atoms with Crippen LogP contribution in [0.3, 0.4) is 0 Å². The van der Waals surface area contributed by atoms with Gasteiger partial charge < -0.3 is 17.1 Å². The van der Waals surface area contributed by atoms with Crippen LogP contribution in [0, 0.1) is 0 Å². The van der Waals surface area contributed by atoms with Gasteiger partial charge in [-0.3, -0.25) is 0 Å². The molecule has 0 aromatic carbocycles. The maximum Gasteiger partial charge on any atom is 0.671 e. The summed E-state index contributed by atoms with van der Waals surface area (Å²) in [5.74, 6) is 0. The van der Waals surface area contributed by atoms with Crippen molar-refractivity contribution in [3.8, 4) is 0 Å². The highest BCUT2D eigenvalue weighted by Crippen LogP contribution is 1.79. The lowest BCUT2D eigenvalue weighted by molar-refractivity contribution is -0.0201. The molecule has 0 aliphatic heterocycles. The Labute approximate surface area is 75.6 Å². The van der Waals surface area contributed by atoms with E-state index in [0.29, 0.717) is 26.8 Å². The lowest BCUT2D eigenvalue weighted by atomic mass is 10.9. The predicted molar refractivity (Wildman–Crippen MR) is 43.0 cm³/mol. The highest BCUT2D eigenvalue weighted by atomic mass is 27.2. The van der Waals surface area contributed by atoms with Crippen molar-refractivity contribution < 1.29 is 18.5 Å². The Morgan fingerprint density at radius 1 is 1.00 bits per heavy atom. The standard InChI is InChI=1S/2C3H7O2.Al.H2/c2*1-2-5-3-4;;/h2*2-3H2,1H3;;1H/q2*-1;+2;. The normalized spacial score (nSPS) is 10.0. The van der Waals surface area contributed by atoms with E-state index in [2.05, 4.69) is 0 Å². The van der Waals surface area contributed by atoms with Gasteiger partial charge in [-0.05, 0) is 13.8 Å². The lowest BCUT2D eigenvalue weighted by Gasteiger charge is -2.03. The molecule has 67 valence electrons. The second-order valence-corrected chi connectivity index (χ2v) is 2.51. The molecule has 0 amide bonds.